The second-order valence-corrected chi connectivity index (χ2v) is 4.04. The number of para-hydroxylation sites is 1. The highest BCUT2D eigenvalue weighted by Crippen LogP contribution is 2.20. The van der Waals surface area contributed by atoms with E-state index in [2.05, 4.69) is 10.1 Å². The van der Waals surface area contributed by atoms with E-state index in [4.69, 9.17) is 5.11 Å². The van der Waals surface area contributed by atoms with Gasteiger partial charge in [0.2, 0.25) is 0 Å². The van der Waals surface area contributed by atoms with Gasteiger partial charge in [0, 0.05) is 0 Å². The zero-order chi connectivity index (χ0) is 15.8. The number of rotatable bonds is 7. The SMILES string of the molecule is C/C=C/CC(NC(=O)c1ccccc1OC(F)F)C(=O)O. The molecule has 0 saturated carbocycles. The van der Waals surface area contributed by atoms with Crippen molar-refractivity contribution in [3.05, 3.63) is 42.0 Å². The maximum atomic E-state index is 12.3. The van der Waals surface area contributed by atoms with Crippen LogP contribution in [0.15, 0.2) is 36.4 Å². The lowest BCUT2D eigenvalue weighted by atomic mass is 10.1. The maximum Gasteiger partial charge on any atom is 0.387 e. The predicted octanol–water partition coefficient (Wildman–Crippen LogP) is 2.44. The molecule has 2 N–H and O–H groups in total. The van der Waals surface area contributed by atoms with Crippen LogP contribution in [0.25, 0.3) is 0 Å². The average Bonchev–Trinajstić information content (AvgIpc) is 2.42. The zero-order valence-corrected chi connectivity index (χ0v) is 11.3. The molecule has 7 heteroatoms. The summed E-state index contributed by atoms with van der Waals surface area (Å²) >= 11 is 0. The Morgan fingerprint density at radius 1 is 1.38 bits per heavy atom. The summed E-state index contributed by atoms with van der Waals surface area (Å²) in [5, 5.41) is 11.3. The molecular formula is C14H15F2NO4. The second kappa shape index (κ2) is 7.98. The summed E-state index contributed by atoms with van der Waals surface area (Å²) in [7, 11) is 0. The number of carbonyl (C=O) groups excluding carboxylic acids is 1. The molecule has 1 aromatic rings. The Balaban J connectivity index is 2.89. The molecule has 0 aliphatic rings. The van der Waals surface area contributed by atoms with Crippen LogP contribution >= 0.6 is 0 Å². The Morgan fingerprint density at radius 2 is 2.05 bits per heavy atom. The smallest absolute Gasteiger partial charge is 0.387 e. The number of allylic oxidation sites excluding steroid dienone is 1. The standard InChI is InChI=1S/C14H15F2NO4/c1-2-3-7-10(13(19)20)17-12(18)9-6-4-5-8-11(9)21-14(15)16/h2-6,8,10,14H,7H2,1H3,(H,17,18)(H,19,20)/b3-2+. The number of carboxylic acid groups (broad SMARTS) is 1. The molecule has 0 bridgehead atoms. The summed E-state index contributed by atoms with van der Waals surface area (Å²) < 4.78 is 28.8. The Bertz CT molecular complexity index is 531. The number of nitrogens with one attached hydrogen (secondary N) is 1. The third-order valence-corrected chi connectivity index (χ3v) is 2.56. The molecule has 0 saturated heterocycles. The molecule has 0 spiro atoms. The third-order valence-electron chi connectivity index (χ3n) is 2.56. The Kier molecular flexibility index (Phi) is 6.32. The first kappa shape index (κ1) is 16.6. The van der Waals surface area contributed by atoms with Crippen LogP contribution in [0.5, 0.6) is 5.75 Å². The maximum absolute atomic E-state index is 12.3. The van der Waals surface area contributed by atoms with Crippen molar-refractivity contribution >= 4 is 11.9 Å². The van der Waals surface area contributed by atoms with E-state index >= 15 is 0 Å². The van der Waals surface area contributed by atoms with Gasteiger partial charge in [0.15, 0.2) is 0 Å². The van der Waals surface area contributed by atoms with E-state index in [0.717, 1.165) is 0 Å². The van der Waals surface area contributed by atoms with E-state index in [1.165, 1.54) is 24.3 Å². The molecule has 1 aromatic carbocycles. The molecule has 0 heterocycles. The molecule has 1 unspecified atom stereocenters. The first-order valence-corrected chi connectivity index (χ1v) is 6.14. The lowest BCUT2D eigenvalue weighted by molar-refractivity contribution is -0.139. The number of carboxylic acids is 1. The summed E-state index contributed by atoms with van der Waals surface area (Å²) in [6, 6.07) is 4.25. The highest BCUT2D eigenvalue weighted by atomic mass is 19.3. The van der Waals surface area contributed by atoms with Gasteiger partial charge in [-0.3, -0.25) is 4.79 Å². The highest BCUT2D eigenvalue weighted by Gasteiger charge is 2.22. The van der Waals surface area contributed by atoms with E-state index in [0.29, 0.717) is 0 Å². The minimum Gasteiger partial charge on any atom is -0.480 e. The molecular weight excluding hydrogens is 284 g/mol. The Hall–Kier alpha value is -2.44. The number of carbonyl (C=O) groups is 2. The van der Waals surface area contributed by atoms with Crippen LogP contribution in [0.4, 0.5) is 8.78 Å². The number of halogens is 2. The number of aliphatic carboxylic acids is 1. The molecule has 0 radical (unpaired) electrons. The fourth-order valence-electron chi connectivity index (χ4n) is 1.58. The van der Waals surface area contributed by atoms with E-state index in [9.17, 15) is 18.4 Å². The molecule has 1 rings (SSSR count). The van der Waals surface area contributed by atoms with Gasteiger partial charge in [-0.1, -0.05) is 24.3 Å². The van der Waals surface area contributed by atoms with Crippen molar-refractivity contribution in [2.24, 2.45) is 0 Å². The summed E-state index contributed by atoms with van der Waals surface area (Å²) in [4.78, 5) is 23.0. The number of benzene rings is 1. The van der Waals surface area contributed by atoms with Gasteiger partial charge in [-0.15, -0.1) is 0 Å². The highest BCUT2D eigenvalue weighted by molar-refractivity contribution is 5.98. The topological polar surface area (TPSA) is 75.6 Å². The zero-order valence-electron chi connectivity index (χ0n) is 11.3. The van der Waals surface area contributed by atoms with Crippen LogP contribution in [0.1, 0.15) is 23.7 Å². The Morgan fingerprint density at radius 3 is 2.62 bits per heavy atom. The second-order valence-electron chi connectivity index (χ2n) is 4.04. The van der Waals surface area contributed by atoms with Crippen LogP contribution in [-0.4, -0.2) is 29.6 Å². The van der Waals surface area contributed by atoms with Crippen molar-refractivity contribution < 1.29 is 28.2 Å². The minimum absolute atomic E-state index is 0.0927. The normalized spacial score (nSPS) is 12.4. The van der Waals surface area contributed by atoms with E-state index in [1.54, 1.807) is 19.1 Å². The quantitative estimate of drug-likeness (QED) is 0.758. The van der Waals surface area contributed by atoms with Crippen molar-refractivity contribution in [3.63, 3.8) is 0 Å². The van der Waals surface area contributed by atoms with Crippen molar-refractivity contribution in [3.8, 4) is 5.75 Å². The van der Waals surface area contributed by atoms with Gasteiger partial charge in [-0.2, -0.15) is 8.78 Å². The van der Waals surface area contributed by atoms with Crippen LogP contribution in [-0.2, 0) is 4.79 Å². The average molecular weight is 299 g/mol. The van der Waals surface area contributed by atoms with Gasteiger partial charge >= 0.3 is 12.6 Å². The molecule has 0 aromatic heterocycles. The molecule has 1 atom stereocenters. The lowest BCUT2D eigenvalue weighted by Gasteiger charge is -2.15. The first-order chi connectivity index (χ1) is 9.95. The van der Waals surface area contributed by atoms with Crippen LogP contribution < -0.4 is 10.1 Å². The van der Waals surface area contributed by atoms with E-state index in [1.807, 2.05) is 0 Å². The van der Waals surface area contributed by atoms with Gasteiger partial charge in [-0.25, -0.2) is 4.79 Å². The number of hydrogen-bond acceptors (Lipinski definition) is 3. The first-order valence-electron chi connectivity index (χ1n) is 6.14. The largest absolute Gasteiger partial charge is 0.480 e. The van der Waals surface area contributed by atoms with Gasteiger partial charge in [-0.05, 0) is 25.5 Å². The fourth-order valence-corrected chi connectivity index (χ4v) is 1.58. The number of hydrogen-bond donors (Lipinski definition) is 2. The fraction of sp³-hybridized carbons (Fsp3) is 0.286. The van der Waals surface area contributed by atoms with Gasteiger partial charge in [0.1, 0.15) is 11.8 Å². The van der Waals surface area contributed by atoms with Gasteiger partial charge in [0.05, 0.1) is 5.56 Å². The molecule has 0 aliphatic carbocycles. The summed E-state index contributed by atoms with van der Waals surface area (Å²) in [5.41, 5.74) is -0.149. The lowest BCUT2D eigenvalue weighted by Crippen LogP contribution is -2.40. The van der Waals surface area contributed by atoms with Crippen LogP contribution in [0.3, 0.4) is 0 Å². The van der Waals surface area contributed by atoms with Gasteiger partial charge < -0.3 is 15.2 Å². The minimum atomic E-state index is -3.07. The molecule has 0 fully saturated rings. The number of alkyl halides is 2. The Labute approximate surface area is 120 Å². The predicted molar refractivity (Wildman–Crippen MR) is 71.4 cm³/mol. The van der Waals surface area contributed by atoms with Gasteiger partial charge in [0.25, 0.3) is 5.91 Å². The molecule has 5 nitrogen and oxygen atoms in total. The van der Waals surface area contributed by atoms with Crippen LogP contribution in [0, 0.1) is 0 Å². The molecule has 1 amide bonds. The van der Waals surface area contributed by atoms with Crippen molar-refractivity contribution in [1.82, 2.24) is 5.32 Å². The molecule has 0 aliphatic heterocycles. The van der Waals surface area contributed by atoms with Crippen molar-refractivity contribution in [1.29, 1.82) is 0 Å². The summed E-state index contributed by atoms with van der Waals surface area (Å²) in [5.74, 6) is -2.31. The third kappa shape index (κ3) is 5.21. The van der Waals surface area contributed by atoms with E-state index in [-0.39, 0.29) is 17.7 Å². The monoisotopic (exact) mass is 299 g/mol. The number of ether oxygens (including phenoxy) is 1. The summed E-state index contributed by atoms with van der Waals surface area (Å²) in [6.45, 7) is -1.36. The number of amides is 1. The van der Waals surface area contributed by atoms with Crippen molar-refractivity contribution in [2.75, 3.05) is 0 Å². The van der Waals surface area contributed by atoms with E-state index < -0.39 is 24.5 Å². The summed E-state index contributed by atoms with van der Waals surface area (Å²) in [6.07, 6.45) is 3.33. The van der Waals surface area contributed by atoms with Crippen molar-refractivity contribution in [2.45, 2.75) is 26.0 Å². The van der Waals surface area contributed by atoms with Crippen LogP contribution in [0.2, 0.25) is 0 Å². The molecule has 21 heavy (non-hydrogen) atoms. The molecule has 114 valence electrons.